The van der Waals surface area contributed by atoms with Crippen LogP contribution < -0.4 is 15.2 Å². The Balaban J connectivity index is 1.69. The fourth-order valence-electron chi connectivity index (χ4n) is 3.44. The maximum atomic E-state index is 13.7. The second-order valence-electron chi connectivity index (χ2n) is 8.06. The topological polar surface area (TPSA) is 94.3 Å². The first-order chi connectivity index (χ1) is 16.6. The summed E-state index contributed by atoms with van der Waals surface area (Å²) in [6.07, 6.45) is 1.53. The Bertz CT molecular complexity index is 1230. The molecule has 6 nitrogen and oxygen atoms in total. The van der Waals surface area contributed by atoms with Crippen molar-refractivity contribution in [2.45, 2.75) is 56.5 Å². The summed E-state index contributed by atoms with van der Waals surface area (Å²) in [4.78, 5) is 4.31. The van der Waals surface area contributed by atoms with Gasteiger partial charge in [0.15, 0.2) is 5.13 Å². The van der Waals surface area contributed by atoms with Crippen molar-refractivity contribution in [3.05, 3.63) is 53.4 Å². The fourth-order valence-corrected chi connectivity index (χ4v) is 4.74. The van der Waals surface area contributed by atoms with Crippen LogP contribution in [0.25, 0.3) is 11.3 Å². The highest BCUT2D eigenvalue weighted by Gasteiger charge is 2.34. The Morgan fingerprint density at radius 3 is 2.51 bits per heavy atom. The molecule has 0 fully saturated rings. The zero-order valence-corrected chi connectivity index (χ0v) is 20.9. The van der Waals surface area contributed by atoms with Gasteiger partial charge < -0.3 is 10.1 Å². The molecule has 0 amide bonds. The molecule has 0 spiro atoms. The summed E-state index contributed by atoms with van der Waals surface area (Å²) in [6.45, 7) is 2.36. The number of thiazole rings is 1. The van der Waals surface area contributed by atoms with Gasteiger partial charge in [-0.3, -0.25) is 0 Å². The summed E-state index contributed by atoms with van der Waals surface area (Å²) >= 11 is 1.18. The second kappa shape index (κ2) is 11.9. The average Bonchev–Trinajstić information content (AvgIpc) is 3.26. The van der Waals surface area contributed by atoms with Crippen LogP contribution in [-0.4, -0.2) is 20.0 Å². The number of benzene rings is 2. The third-order valence-corrected chi connectivity index (χ3v) is 6.92. The van der Waals surface area contributed by atoms with Crippen LogP contribution in [-0.2, 0) is 16.2 Å². The van der Waals surface area contributed by atoms with E-state index in [1.165, 1.54) is 35.6 Å². The lowest BCUT2D eigenvalue weighted by atomic mass is 10.1. The first-order valence-electron chi connectivity index (χ1n) is 11.3. The predicted octanol–water partition coefficient (Wildman–Crippen LogP) is 6.96. The fraction of sp³-hybridized carbons (Fsp3) is 0.375. The van der Waals surface area contributed by atoms with E-state index in [1.54, 1.807) is 17.5 Å². The molecule has 0 bridgehead atoms. The number of nitrogens with two attached hydrogens (primary N) is 1. The second-order valence-corrected chi connectivity index (χ2v) is 10.5. The highest BCUT2D eigenvalue weighted by Crippen LogP contribution is 2.39. The van der Waals surface area contributed by atoms with E-state index in [1.807, 2.05) is 0 Å². The van der Waals surface area contributed by atoms with Gasteiger partial charge in [0, 0.05) is 16.6 Å². The first kappa shape index (κ1) is 27.0. The van der Waals surface area contributed by atoms with Crippen LogP contribution >= 0.6 is 11.3 Å². The van der Waals surface area contributed by atoms with Crippen molar-refractivity contribution in [2.75, 3.05) is 11.9 Å². The van der Waals surface area contributed by atoms with Crippen LogP contribution in [0.3, 0.4) is 0 Å². The molecule has 0 atom stereocenters. The number of hydrogen-bond acceptors (Lipinski definition) is 6. The Hall–Kier alpha value is -2.63. The van der Waals surface area contributed by atoms with Crippen LogP contribution in [0.15, 0.2) is 52.7 Å². The zero-order valence-electron chi connectivity index (χ0n) is 19.3. The van der Waals surface area contributed by atoms with E-state index in [4.69, 9.17) is 9.88 Å². The van der Waals surface area contributed by atoms with Crippen molar-refractivity contribution < 1.29 is 26.3 Å². The molecule has 0 aliphatic heterocycles. The number of nitrogens with one attached hydrogen (secondary N) is 1. The van der Waals surface area contributed by atoms with Crippen molar-refractivity contribution in [3.8, 4) is 17.0 Å². The van der Waals surface area contributed by atoms with Gasteiger partial charge in [0.2, 0.25) is 10.0 Å². The number of sulfonamides is 1. The molecule has 0 saturated carbocycles. The molecule has 1 aromatic heterocycles. The monoisotopic (exact) mass is 527 g/mol. The minimum absolute atomic E-state index is 0.0520. The summed E-state index contributed by atoms with van der Waals surface area (Å²) in [7, 11) is -3.87. The third kappa shape index (κ3) is 7.94. The molecule has 0 unspecified atom stereocenters. The van der Waals surface area contributed by atoms with E-state index in [9.17, 15) is 21.6 Å². The van der Waals surface area contributed by atoms with Crippen molar-refractivity contribution in [1.29, 1.82) is 0 Å². The third-order valence-electron chi connectivity index (χ3n) is 5.25. The maximum absolute atomic E-state index is 13.7. The number of hydrogen-bond donors (Lipinski definition) is 2. The number of rotatable bonds is 12. The Morgan fingerprint density at radius 2 is 1.80 bits per heavy atom. The molecular formula is C24H28F3N3O3S2. The maximum Gasteiger partial charge on any atom is 0.420 e. The number of halogens is 3. The van der Waals surface area contributed by atoms with Gasteiger partial charge in [-0.1, -0.05) is 51.2 Å². The number of ether oxygens (including phenoxy) is 1. The Labute approximate surface area is 207 Å². The van der Waals surface area contributed by atoms with Crippen molar-refractivity contribution in [3.63, 3.8) is 0 Å². The standard InChI is InChI=1S/C24H28F3N3O3S2/c1-2-3-4-5-6-7-13-33-22-12-11-18(15-20(22)24(25,26)27)29-23-30-21(16-34-23)17-9-8-10-19(14-17)35(28,31)32/h8-12,14-16H,2-7,13H2,1H3,(H,29,30)(H2,28,31,32). The average molecular weight is 528 g/mol. The zero-order chi connectivity index (χ0) is 25.5. The quantitative estimate of drug-likeness (QED) is 0.248. The number of anilines is 2. The van der Waals surface area contributed by atoms with Crippen molar-refractivity contribution >= 4 is 32.2 Å². The first-order valence-corrected chi connectivity index (χ1v) is 13.7. The molecule has 35 heavy (non-hydrogen) atoms. The Kier molecular flexibility index (Phi) is 9.15. The summed E-state index contributed by atoms with van der Waals surface area (Å²) < 4.78 is 69.6. The molecular weight excluding hydrogens is 499 g/mol. The highest BCUT2D eigenvalue weighted by molar-refractivity contribution is 7.89. The summed E-state index contributed by atoms with van der Waals surface area (Å²) in [5, 5.41) is 10.1. The van der Waals surface area contributed by atoms with Crippen LogP contribution in [0, 0.1) is 0 Å². The SMILES string of the molecule is CCCCCCCCOc1ccc(Nc2nc(-c3cccc(S(N)(=O)=O)c3)cs2)cc1C(F)(F)F. The van der Waals surface area contributed by atoms with Gasteiger partial charge in [-0.25, -0.2) is 18.5 Å². The summed E-state index contributed by atoms with van der Waals surface area (Å²) in [5.74, 6) is -0.198. The number of aromatic nitrogens is 1. The van der Waals surface area contributed by atoms with E-state index in [2.05, 4.69) is 17.2 Å². The van der Waals surface area contributed by atoms with Crippen LogP contribution in [0.4, 0.5) is 24.0 Å². The minimum atomic E-state index is -4.57. The molecule has 0 radical (unpaired) electrons. The van der Waals surface area contributed by atoms with Crippen LogP contribution in [0.2, 0.25) is 0 Å². The van der Waals surface area contributed by atoms with Gasteiger partial charge in [0.1, 0.15) is 5.75 Å². The smallest absolute Gasteiger partial charge is 0.420 e. The van der Waals surface area contributed by atoms with Gasteiger partial charge in [-0.2, -0.15) is 13.2 Å². The van der Waals surface area contributed by atoms with E-state index < -0.39 is 21.8 Å². The van der Waals surface area contributed by atoms with Gasteiger partial charge in [0.25, 0.3) is 0 Å². The summed E-state index contributed by atoms with van der Waals surface area (Å²) in [5.41, 5.74) is 0.350. The molecule has 11 heteroatoms. The number of primary sulfonamides is 1. The number of nitrogens with zero attached hydrogens (tertiary/aromatic N) is 1. The predicted molar refractivity (Wildman–Crippen MR) is 133 cm³/mol. The van der Waals surface area contributed by atoms with Crippen LogP contribution in [0.1, 0.15) is 51.0 Å². The lowest BCUT2D eigenvalue weighted by Gasteiger charge is -2.15. The summed E-state index contributed by atoms with van der Waals surface area (Å²) in [6, 6.07) is 9.80. The highest BCUT2D eigenvalue weighted by atomic mass is 32.2. The molecule has 3 N–H and O–H groups in total. The van der Waals surface area contributed by atoms with E-state index in [0.717, 1.165) is 38.2 Å². The normalized spacial score (nSPS) is 12.0. The van der Waals surface area contributed by atoms with Gasteiger partial charge in [0.05, 0.1) is 22.8 Å². The van der Waals surface area contributed by atoms with Gasteiger partial charge >= 0.3 is 6.18 Å². The molecule has 0 aliphatic carbocycles. The molecule has 1 heterocycles. The molecule has 190 valence electrons. The van der Waals surface area contributed by atoms with E-state index in [0.29, 0.717) is 22.8 Å². The van der Waals surface area contributed by atoms with Gasteiger partial charge in [-0.05, 0) is 36.8 Å². The van der Waals surface area contributed by atoms with Gasteiger partial charge in [-0.15, -0.1) is 11.3 Å². The molecule has 0 aliphatic rings. The van der Waals surface area contributed by atoms with Crippen molar-refractivity contribution in [2.24, 2.45) is 5.14 Å². The lowest BCUT2D eigenvalue weighted by Crippen LogP contribution is -2.11. The number of alkyl halides is 3. The number of unbranched alkanes of at least 4 members (excludes halogenated alkanes) is 5. The largest absolute Gasteiger partial charge is 0.493 e. The van der Waals surface area contributed by atoms with E-state index in [-0.39, 0.29) is 22.9 Å². The molecule has 3 rings (SSSR count). The molecule has 2 aromatic carbocycles. The lowest BCUT2D eigenvalue weighted by molar-refractivity contribution is -0.138. The van der Waals surface area contributed by atoms with E-state index >= 15 is 0 Å². The minimum Gasteiger partial charge on any atom is -0.493 e. The van der Waals surface area contributed by atoms with Crippen LogP contribution in [0.5, 0.6) is 5.75 Å². The molecule has 3 aromatic rings. The van der Waals surface area contributed by atoms with Crippen molar-refractivity contribution in [1.82, 2.24) is 4.98 Å². The Morgan fingerprint density at radius 1 is 1.06 bits per heavy atom. The molecule has 0 saturated heterocycles.